The molecule has 0 aliphatic heterocycles. The lowest BCUT2D eigenvalue weighted by molar-refractivity contribution is 0.326. The Hall–Kier alpha value is -0.990. The number of hydrogen-bond donors (Lipinski definition) is 0. The van der Waals surface area contributed by atoms with Gasteiger partial charge in [0.1, 0.15) is 5.76 Å². The van der Waals surface area contributed by atoms with Gasteiger partial charge in [0, 0.05) is 12.5 Å². The van der Waals surface area contributed by atoms with E-state index in [1.54, 1.807) is 7.11 Å². The molecule has 1 aromatic heterocycles. The van der Waals surface area contributed by atoms with Crippen molar-refractivity contribution >= 4 is 0 Å². The van der Waals surface area contributed by atoms with Crippen LogP contribution in [0.3, 0.4) is 0 Å². The van der Waals surface area contributed by atoms with Crippen LogP contribution in [0.4, 0.5) is 0 Å². The van der Waals surface area contributed by atoms with E-state index in [9.17, 15) is 0 Å². The smallest absolute Gasteiger partial charge is 0.254 e. The molecule has 0 fully saturated rings. The van der Waals surface area contributed by atoms with Gasteiger partial charge in [-0.1, -0.05) is 6.92 Å². The summed E-state index contributed by atoms with van der Waals surface area (Å²) in [6.07, 6.45) is 1.99. The minimum absolute atomic E-state index is 0.559. The first kappa shape index (κ1) is 7.12. The molecule has 0 bridgehead atoms. The highest BCUT2D eigenvalue weighted by atomic mass is 16.5. The maximum Gasteiger partial charge on any atom is 0.254 e. The molecule has 0 saturated heterocycles. The second-order valence-corrected chi connectivity index (χ2v) is 2.09. The summed E-state index contributed by atoms with van der Waals surface area (Å²) in [7, 11) is 1.58. The molecule has 3 heteroatoms. The van der Waals surface area contributed by atoms with E-state index in [-0.39, 0.29) is 0 Å². The Labute approximate surface area is 60.0 Å². The van der Waals surface area contributed by atoms with Crippen molar-refractivity contribution in [2.75, 3.05) is 7.11 Å². The summed E-state index contributed by atoms with van der Waals surface area (Å²) in [5, 5.41) is 3.66. The van der Waals surface area contributed by atoms with Gasteiger partial charge in [-0.2, -0.15) is 0 Å². The summed E-state index contributed by atoms with van der Waals surface area (Å²) in [5.41, 5.74) is 0. The summed E-state index contributed by atoms with van der Waals surface area (Å²) in [5.74, 6) is 1.45. The third-order valence-electron chi connectivity index (χ3n) is 1.24. The molecule has 0 aromatic carbocycles. The molecule has 0 amide bonds. The summed E-state index contributed by atoms with van der Waals surface area (Å²) in [4.78, 5) is 0. The molecule has 1 heterocycles. The van der Waals surface area contributed by atoms with Gasteiger partial charge in [0.2, 0.25) is 0 Å². The van der Waals surface area contributed by atoms with Crippen LogP contribution in [0.1, 0.15) is 19.1 Å². The molecule has 0 N–H and O–H groups in total. The van der Waals surface area contributed by atoms with Crippen molar-refractivity contribution in [1.29, 1.82) is 0 Å². The number of ether oxygens (including phenoxy) is 1. The normalized spacial score (nSPS) is 9.80. The molecule has 3 nitrogen and oxygen atoms in total. The topological polar surface area (TPSA) is 35.3 Å². The van der Waals surface area contributed by atoms with E-state index in [1.807, 2.05) is 6.07 Å². The minimum Gasteiger partial charge on any atom is -0.479 e. The molecule has 0 unspecified atom stereocenters. The fraction of sp³-hybridized carbons (Fsp3) is 0.571. The second kappa shape index (κ2) is 3.25. The molecular formula is C7H11NO2. The van der Waals surface area contributed by atoms with Gasteiger partial charge in [-0.05, 0) is 11.6 Å². The first-order valence-corrected chi connectivity index (χ1v) is 3.36. The second-order valence-electron chi connectivity index (χ2n) is 2.09. The van der Waals surface area contributed by atoms with Crippen LogP contribution in [0, 0.1) is 0 Å². The number of nitrogens with zero attached hydrogens (tertiary/aromatic N) is 1. The van der Waals surface area contributed by atoms with Crippen molar-refractivity contribution < 1.29 is 9.26 Å². The molecular weight excluding hydrogens is 130 g/mol. The van der Waals surface area contributed by atoms with E-state index in [0.29, 0.717) is 5.88 Å². The maximum absolute atomic E-state index is 4.92. The van der Waals surface area contributed by atoms with Gasteiger partial charge in [-0.3, -0.25) is 0 Å². The average Bonchev–Trinajstić information content (AvgIpc) is 2.37. The van der Waals surface area contributed by atoms with Gasteiger partial charge < -0.3 is 9.26 Å². The predicted molar refractivity (Wildman–Crippen MR) is 37.0 cm³/mol. The van der Waals surface area contributed by atoms with Gasteiger partial charge in [0.05, 0.1) is 7.11 Å². The number of methoxy groups -OCH3 is 1. The highest BCUT2D eigenvalue weighted by molar-refractivity contribution is 5.10. The van der Waals surface area contributed by atoms with Crippen molar-refractivity contribution in [3.63, 3.8) is 0 Å². The summed E-state index contributed by atoms with van der Waals surface area (Å²) >= 11 is 0. The number of hydrogen-bond acceptors (Lipinski definition) is 3. The molecule has 1 aromatic rings. The van der Waals surface area contributed by atoms with Crippen LogP contribution in [0.15, 0.2) is 10.6 Å². The zero-order valence-electron chi connectivity index (χ0n) is 6.26. The molecule has 0 aliphatic rings. The van der Waals surface area contributed by atoms with Gasteiger partial charge in [-0.25, -0.2) is 0 Å². The number of aromatic nitrogens is 1. The number of rotatable bonds is 3. The first-order valence-electron chi connectivity index (χ1n) is 3.36. The standard InChI is InChI=1S/C7H11NO2/c1-3-4-6-5-7(9-2)8-10-6/h5H,3-4H2,1-2H3. The Morgan fingerprint density at radius 1 is 1.70 bits per heavy atom. The van der Waals surface area contributed by atoms with Crippen LogP contribution in [-0.4, -0.2) is 12.3 Å². The summed E-state index contributed by atoms with van der Waals surface area (Å²) in [6.45, 7) is 2.09. The first-order chi connectivity index (χ1) is 4.86. The van der Waals surface area contributed by atoms with Gasteiger partial charge >= 0.3 is 0 Å². The third kappa shape index (κ3) is 1.50. The van der Waals surface area contributed by atoms with Crippen LogP contribution in [0.2, 0.25) is 0 Å². The molecule has 10 heavy (non-hydrogen) atoms. The van der Waals surface area contributed by atoms with E-state index < -0.39 is 0 Å². The van der Waals surface area contributed by atoms with Gasteiger partial charge in [0.25, 0.3) is 5.88 Å². The Kier molecular flexibility index (Phi) is 2.31. The highest BCUT2D eigenvalue weighted by Crippen LogP contribution is 2.11. The Bertz CT molecular complexity index is 195. The third-order valence-corrected chi connectivity index (χ3v) is 1.24. The fourth-order valence-corrected chi connectivity index (χ4v) is 0.754. The van der Waals surface area contributed by atoms with Crippen LogP contribution in [0.5, 0.6) is 5.88 Å². The maximum atomic E-state index is 4.92. The van der Waals surface area contributed by atoms with Crippen molar-refractivity contribution in [2.24, 2.45) is 0 Å². The molecule has 1 rings (SSSR count). The quantitative estimate of drug-likeness (QED) is 0.641. The zero-order chi connectivity index (χ0) is 7.40. The molecule has 0 atom stereocenters. The molecule has 0 spiro atoms. The van der Waals surface area contributed by atoms with Gasteiger partial charge in [0.15, 0.2) is 0 Å². The molecule has 0 saturated carbocycles. The summed E-state index contributed by atoms with van der Waals surface area (Å²) < 4.78 is 9.76. The van der Waals surface area contributed by atoms with Crippen molar-refractivity contribution in [1.82, 2.24) is 5.16 Å². The number of aryl methyl sites for hydroxylation is 1. The van der Waals surface area contributed by atoms with E-state index in [4.69, 9.17) is 9.26 Å². The lowest BCUT2D eigenvalue weighted by Crippen LogP contribution is -1.79. The van der Waals surface area contributed by atoms with Crippen molar-refractivity contribution in [3.05, 3.63) is 11.8 Å². The van der Waals surface area contributed by atoms with Gasteiger partial charge in [-0.15, -0.1) is 0 Å². The minimum atomic E-state index is 0.559. The van der Waals surface area contributed by atoms with E-state index in [1.165, 1.54) is 0 Å². The predicted octanol–water partition coefficient (Wildman–Crippen LogP) is 1.64. The lowest BCUT2D eigenvalue weighted by atomic mass is 10.3. The Morgan fingerprint density at radius 3 is 3.00 bits per heavy atom. The average molecular weight is 141 g/mol. The fourth-order valence-electron chi connectivity index (χ4n) is 0.754. The zero-order valence-corrected chi connectivity index (χ0v) is 6.26. The molecule has 56 valence electrons. The van der Waals surface area contributed by atoms with E-state index in [2.05, 4.69) is 12.1 Å². The monoisotopic (exact) mass is 141 g/mol. The van der Waals surface area contributed by atoms with Crippen LogP contribution >= 0.6 is 0 Å². The Morgan fingerprint density at radius 2 is 2.50 bits per heavy atom. The Balaban J connectivity index is 2.59. The van der Waals surface area contributed by atoms with E-state index >= 15 is 0 Å². The van der Waals surface area contributed by atoms with Crippen molar-refractivity contribution in [3.8, 4) is 5.88 Å². The van der Waals surface area contributed by atoms with Crippen molar-refractivity contribution in [2.45, 2.75) is 19.8 Å². The van der Waals surface area contributed by atoms with Crippen LogP contribution in [-0.2, 0) is 6.42 Å². The molecule has 0 aliphatic carbocycles. The highest BCUT2D eigenvalue weighted by Gasteiger charge is 2.00. The lowest BCUT2D eigenvalue weighted by Gasteiger charge is -1.85. The van der Waals surface area contributed by atoms with Crippen LogP contribution in [0.25, 0.3) is 0 Å². The largest absolute Gasteiger partial charge is 0.479 e. The van der Waals surface area contributed by atoms with Crippen LogP contribution < -0.4 is 4.74 Å². The summed E-state index contributed by atoms with van der Waals surface area (Å²) in [6, 6.07) is 1.81. The molecule has 0 radical (unpaired) electrons. The SMILES string of the molecule is CCCc1cc(OC)no1. The van der Waals surface area contributed by atoms with E-state index in [0.717, 1.165) is 18.6 Å².